The number of hydrogen-bond acceptors (Lipinski definition) is 5. The molecule has 0 N–H and O–H groups in total. The lowest BCUT2D eigenvalue weighted by Crippen LogP contribution is -2.35. The fourth-order valence-corrected chi connectivity index (χ4v) is 3.93. The summed E-state index contributed by atoms with van der Waals surface area (Å²) < 4.78 is 0. The minimum atomic E-state index is -0.540. The van der Waals surface area contributed by atoms with E-state index < -0.39 is 16.7 Å². The van der Waals surface area contributed by atoms with Crippen molar-refractivity contribution in [2.45, 2.75) is 6.92 Å². The van der Waals surface area contributed by atoms with E-state index in [9.17, 15) is 19.7 Å². The quantitative estimate of drug-likeness (QED) is 0.299. The first-order valence-electron chi connectivity index (χ1n) is 9.89. The highest BCUT2D eigenvalue weighted by molar-refractivity contribution is 6.48. The minimum Gasteiger partial charge on any atom is -0.337 e. The molecule has 160 valence electrons. The first-order chi connectivity index (χ1) is 15.4. The van der Waals surface area contributed by atoms with Crippen molar-refractivity contribution in [1.82, 2.24) is 0 Å². The van der Waals surface area contributed by atoms with Gasteiger partial charge in [-0.05, 0) is 48.9 Å². The average Bonchev–Trinajstić information content (AvgIpc) is 3.05. The van der Waals surface area contributed by atoms with E-state index in [1.807, 2.05) is 37.3 Å². The molecule has 4 rings (SSSR count). The Hall–Kier alpha value is -3.97. The van der Waals surface area contributed by atoms with E-state index in [1.165, 1.54) is 24.3 Å². The van der Waals surface area contributed by atoms with Crippen LogP contribution in [0.4, 0.5) is 17.1 Å². The van der Waals surface area contributed by atoms with Crippen LogP contribution in [0.3, 0.4) is 0 Å². The standard InChI is InChI=1S/C24H18ClN3O4/c1-2-26(17-8-4-3-5-9-17)22-21(16-12-14-18(15-13-16)28(31)32)23(29)27(24(22)30)20-11-7-6-10-19(20)25/h3-15H,2H2,1H3. The summed E-state index contributed by atoms with van der Waals surface area (Å²) in [7, 11) is 0. The number of likely N-dealkylation sites (N-methyl/N-ethyl adjacent to an activating group) is 1. The summed E-state index contributed by atoms with van der Waals surface area (Å²) in [4.78, 5) is 40.6. The van der Waals surface area contributed by atoms with Gasteiger partial charge in [0.1, 0.15) is 5.70 Å². The van der Waals surface area contributed by atoms with Crippen molar-refractivity contribution in [3.8, 4) is 0 Å². The normalized spacial score (nSPS) is 13.6. The summed E-state index contributed by atoms with van der Waals surface area (Å²) in [6.45, 7) is 2.30. The number of rotatable bonds is 6. The van der Waals surface area contributed by atoms with E-state index in [0.717, 1.165) is 10.6 Å². The van der Waals surface area contributed by atoms with Crippen molar-refractivity contribution >= 4 is 46.1 Å². The second kappa shape index (κ2) is 8.64. The SMILES string of the molecule is CCN(C1=C(c2ccc([N+](=O)[O-])cc2)C(=O)N(c2ccccc2Cl)C1=O)c1ccccc1. The molecule has 3 aromatic rings. The predicted molar refractivity (Wildman–Crippen MR) is 123 cm³/mol. The number of nitrogens with zero attached hydrogens (tertiary/aromatic N) is 3. The van der Waals surface area contributed by atoms with Crippen LogP contribution in [0, 0.1) is 10.1 Å². The molecule has 0 bridgehead atoms. The second-order valence-corrected chi connectivity index (χ2v) is 7.41. The number of carbonyl (C=O) groups excluding carboxylic acids is 2. The summed E-state index contributed by atoms with van der Waals surface area (Å²) in [6, 6.07) is 21.5. The first-order valence-corrected chi connectivity index (χ1v) is 10.3. The molecule has 8 heteroatoms. The minimum absolute atomic E-state index is 0.106. The Labute approximate surface area is 189 Å². The van der Waals surface area contributed by atoms with Crippen LogP contribution < -0.4 is 9.80 Å². The van der Waals surface area contributed by atoms with E-state index in [0.29, 0.717) is 12.1 Å². The van der Waals surface area contributed by atoms with E-state index in [-0.39, 0.29) is 27.7 Å². The maximum absolute atomic E-state index is 13.6. The van der Waals surface area contributed by atoms with Gasteiger partial charge in [-0.3, -0.25) is 19.7 Å². The lowest BCUT2D eigenvalue weighted by atomic mass is 10.0. The van der Waals surface area contributed by atoms with Crippen LogP contribution in [0.2, 0.25) is 5.02 Å². The maximum atomic E-state index is 13.6. The summed E-state index contributed by atoms with van der Waals surface area (Å²) in [5.41, 5.74) is 1.68. The molecule has 1 aliphatic heterocycles. The molecule has 3 aromatic carbocycles. The molecule has 0 aromatic heterocycles. The first kappa shape index (κ1) is 21.3. The van der Waals surface area contributed by atoms with E-state index in [2.05, 4.69) is 0 Å². The zero-order chi connectivity index (χ0) is 22.8. The molecule has 0 saturated heterocycles. The molecular formula is C24H18ClN3O4. The van der Waals surface area contributed by atoms with Gasteiger partial charge in [0.25, 0.3) is 17.5 Å². The van der Waals surface area contributed by atoms with Gasteiger partial charge in [-0.25, -0.2) is 4.90 Å². The lowest BCUT2D eigenvalue weighted by molar-refractivity contribution is -0.384. The van der Waals surface area contributed by atoms with Crippen LogP contribution >= 0.6 is 11.6 Å². The molecule has 7 nitrogen and oxygen atoms in total. The van der Waals surface area contributed by atoms with Gasteiger partial charge in [0, 0.05) is 24.4 Å². The summed E-state index contributed by atoms with van der Waals surface area (Å²) in [5.74, 6) is -1.05. The largest absolute Gasteiger partial charge is 0.337 e. The van der Waals surface area contributed by atoms with E-state index >= 15 is 0 Å². The molecule has 0 saturated carbocycles. The third-order valence-electron chi connectivity index (χ3n) is 5.17. The van der Waals surface area contributed by atoms with Gasteiger partial charge < -0.3 is 4.90 Å². The smallest absolute Gasteiger partial charge is 0.282 e. The number of para-hydroxylation sites is 2. The zero-order valence-corrected chi connectivity index (χ0v) is 17.8. The Kier molecular flexibility index (Phi) is 5.75. The molecular weight excluding hydrogens is 430 g/mol. The van der Waals surface area contributed by atoms with Gasteiger partial charge in [0.15, 0.2) is 0 Å². The van der Waals surface area contributed by atoms with Crippen LogP contribution in [0.5, 0.6) is 0 Å². The highest BCUT2D eigenvalue weighted by atomic mass is 35.5. The number of nitro groups is 1. The Balaban J connectivity index is 1.92. The van der Waals surface area contributed by atoms with Crippen LogP contribution in [0.25, 0.3) is 5.57 Å². The monoisotopic (exact) mass is 447 g/mol. The van der Waals surface area contributed by atoms with Crippen molar-refractivity contribution in [2.24, 2.45) is 0 Å². The highest BCUT2D eigenvalue weighted by Gasteiger charge is 2.43. The van der Waals surface area contributed by atoms with Gasteiger partial charge in [-0.15, -0.1) is 0 Å². The molecule has 0 spiro atoms. The molecule has 0 aliphatic carbocycles. The van der Waals surface area contributed by atoms with Gasteiger partial charge in [-0.2, -0.15) is 0 Å². The molecule has 1 aliphatic rings. The van der Waals surface area contributed by atoms with Crippen LogP contribution in [0.15, 0.2) is 84.6 Å². The molecule has 0 atom stereocenters. The number of non-ortho nitro benzene ring substituents is 1. The van der Waals surface area contributed by atoms with Gasteiger partial charge in [0.2, 0.25) is 0 Å². The van der Waals surface area contributed by atoms with Crippen molar-refractivity contribution in [2.75, 3.05) is 16.3 Å². The van der Waals surface area contributed by atoms with Gasteiger partial charge in [-0.1, -0.05) is 41.9 Å². The summed E-state index contributed by atoms with van der Waals surface area (Å²) >= 11 is 6.31. The number of imide groups is 1. The zero-order valence-electron chi connectivity index (χ0n) is 17.1. The van der Waals surface area contributed by atoms with Crippen molar-refractivity contribution in [1.29, 1.82) is 0 Å². The molecule has 0 fully saturated rings. The van der Waals surface area contributed by atoms with Crippen molar-refractivity contribution < 1.29 is 14.5 Å². The Morgan fingerprint density at radius 2 is 1.53 bits per heavy atom. The molecule has 0 unspecified atom stereocenters. The van der Waals surface area contributed by atoms with Crippen molar-refractivity contribution in [3.63, 3.8) is 0 Å². The molecule has 32 heavy (non-hydrogen) atoms. The number of benzene rings is 3. The van der Waals surface area contributed by atoms with Crippen LogP contribution in [-0.4, -0.2) is 23.3 Å². The molecule has 1 heterocycles. The summed E-state index contributed by atoms with van der Waals surface area (Å²) in [5, 5.41) is 11.3. The fraction of sp³-hybridized carbons (Fsp3) is 0.0833. The van der Waals surface area contributed by atoms with Crippen LogP contribution in [-0.2, 0) is 9.59 Å². The average molecular weight is 448 g/mol. The number of anilines is 2. The molecule has 0 radical (unpaired) electrons. The maximum Gasteiger partial charge on any atom is 0.282 e. The number of carbonyl (C=O) groups is 2. The number of nitro benzene ring substituents is 1. The number of amides is 2. The number of hydrogen-bond donors (Lipinski definition) is 0. The highest BCUT2D eigenvalue weighted by Crippen LogP contribution is 2.39. The van der Waals surface area contributed by atoms with Gasteiger partial charge >= 0.3 is 0 Å². The summed E-state index contributed by atoms with van der Waals surface area (Å²) in [6.07, 6.45) is 0. The van der Waals surface area contributed by atoms with Gasteiger partial charge in [0.05, 0.1) is 21.2 Å². The third kappa shape index (κ3) is 3.63. The Morgan fingerprint density at radius 3 is 2.12 bits per heavy atom. The van der Waals surface area contributed by atoms with E-state index in [4.69, 9.17) is 11.6 Å². The lowest BCUT2D eigenvalue weighted by Gasteiger charge is -2.25. The topological polar surface area (TPSA) is 83.8 Å². The van der Waals surface area contributed by atoms with Crippen molar-refractivity contribution in [3.05, 3.63) is 105 Å². The number of halogens is 1. The molecule has 2 amide bonds. The second-order valence-electron chi connectivity index (χ2n) is 7.00. The Bertz CT molecular complexity index is 1240. The van der Waals surface area contributed by atoms with E-state index in [1.54, 1.807) is 29.2 Å². The predicted octanol–water partition coefficient (Wildman–Crippen LogP) is 5.06. The van der Waals surface area contributed by atoms with Crippen LogP contribution in [0.1, 0.15) is 12.5 Å². The third-order valence-corrected chi connectivity index (χ3v) is 5.49. The Morgan fingerprint density at radius 1 is 0.906 bits per heavy atom. The fourth-order valence-electron chi connectivity index (χ4n) is 3.71.